The summed E-state index contributed by atoms with van der Waals surface area (Å²) in [5.41, 5.74) is 0. The quantitative estimate of drug-likeness (QED) is 0.0732. The zero-order chi connectivity index (χ0) is 46.3. The maximum Gasteiger partial charge on any atom is 0.317 e. The molecule has 0 saturated carbocycles. The molecular weight excluding hydrogens is 826 g/mol. The summed E-state index contributed by atoms with van der Waals surface area (Å²) in [4.78, 5) is 80.4. The summed E-state index contributed by atoms with van der Waals surface area (Å²) in [6, 6.07) is 0. The van der Waals surface area contributed by atoms with Crippen molar-refractivity contribution in [1.82, 2.24) is 24.5 Å². The minimum Gasteiger partial charge on any atom is -0.480 e. The van der Waals surface area contributed by atoms with Gasteiger partial charge in [0, 0.05) is 105 Å². The number of Topliss-reactive ketones (excluding diaryl/α,β-unsaturated/α-hetero) is 2. The van der Waals surface area contributed by atoms with Crippen molar-refractivity contribution in [3.63, 3.8) is 0 Å². The number of ether oxygens (including phenoxy) is 6. The second-order valence-corrected chi connectivity index (χ2v) is 15.6. The van der Waals surface area contributed by atoms with E-state index in [1.54, 1.807) is 19.6 Å². The summed E-state index contributed by atoms with van der Waals surface area (Å²) >= 11 is 0. The van der Waals surface area contributed by atoms with Crippen LogP contribution in [0.25, 0.3) is 0 Å². The third-order valence-corrected chi connectivity index (χ3v) is 10.1. The van der Waals surface area contributed by atoms with Gasteiger partial charge in [-0.2, -0.15) is 0 Å². The van der Waals surface area contributed by atoms with Crippen molar-refractivity contribution in [2.75, 3.05) is 171 Å². The van der Waals surface area contributed by atoms with Gasteiger partial charge in [0.2, 0.25) is 5.91 Å². The van der Waals surface area contributed by atoms with E-state index in [2.05, 4.69) is 6.92 Å². The summed E-state index contributed by atoms with van der Waals surface area (Å²) in [5.74, 6) is -3.09. The molecule has 1 fully saturated rings. The van der Waals surface area contributed by atoms with Gasteiger partial charge in [-0.1, -0.05) is 13.3 Å². The fraction of sp³-hybridized carbons (Fsp3) is 0.860. The molecule has 1 rings (SSSR count). The van der Waals surface area contributed by atoms with Crippen molar-refractivity contribution in [3.8, 4) is 0 Å². The van der Waals surface area contributed by atoms with Crippen molar-refractivity contribution < 1.29 is 72.5 Å². The number of carbonyl (C=O) groups excluding carboxylic acids is 3. The van der Waals surface area contributed by atoms with Crippen LogP contribution < -0.4 is 0 Å². The monoisotopic (exact) mass is 906 g/mol. The molecule has 0 unspecified atom stereocenters. The fourth-order valence-corrected chi connectivity index (χ4v) is 6.49. The number of ketones is 2. The van der Waals surface area contributed by atoms with Gasteiger partial charge < -0.3 is 48.6 Å². The van der Waals surface area contributed by atoms with Crippen LogP contribution in [-0.2, 0) is 57.2 Å². The van der Waals surface area contributed by atoms with Gasteiger partial charge in [0.15, 0.2) is 5.78 Å². The molecule has 0 aromatic heterocycles. The van der Waals surface area contributed by atoms with Gasteiger partial charge in [-0.15, -0.1) is 0 Å². The van der Waals surface area contributed by atoms with E-state index in [0.717, 1.165) is 25.9 Å². The number of amides is 1. The lowest BCUT2D eigenvalue weighted by Gasteiger charge is -2.32. The summed E-state index contributed by atoms with van der Waals surface area (Å²) < 4.78 is 33.3. The molecule has 3 N–H and O–H groups in total. The molecule has 1 heterocycles. The molecule has 20 nitrogen and oxygen atoms in total. The second-order valence-electron chi connectivity index (χ2n) is 15.6. The third-order valence-electron chi connectivity index (χ3n) is 10.1. The zero-order valence-electron chi connectivity index (χ0n) is 38.2. The molecule has 0 atom stereocenters. The van der Waals surface area contributed by atoms with E-state index in [0.29, 0.717) is 170 Å². The van der Waals surface area contributed by atoms with Gasteiger partial charge in [-0.05, 0) is 38.5 Å². The first-order valence-electron chi connectivity index (χ1n) is 22.7. The fourth-order valence-electron chi connectivity index (χ4n) is 6.49. The lowest BCUT2D eigenvalue weighted by atomic mass is 10.1. The summed E-state index contributed by atoms with van der Waals surface area (Å²) in [7, 11) is 0. The summed E-state index contributed by atoms with van der Waals surface area (Å²) in [6.45, 7) is 12.4. The van der Waals surface area contributed by atoms with E-state index >= 15 is 0 Å². The van der Waals surface area contributed by atoms with Crippen LogP contribution in [0.2, 0.25) is 0 Å². The lowest BCUT2D eigenvalue weighted by Crippen LogP contribution is -2.49. The molecule has 63 heavy (non-hydrogen) atoms. The molecule has 0 aromatic carbocycles. The summed E-state index contributed by atoms with van der Waals surface area (Å²) in [6.07, 6.45) is 6.26. The van der Waals surface area contributed by atoms with E-state index in [-0.39, 0.29) is 50.2 Å². The Kier molecular flexibility index (Phi) is 36.0. The first-order chi connectivity index (χ1) is 30.4. The SMILES string of the molecule is CCCCOCCOCCOCCCN(CC(=O)CCCCOCCOCCOCCCCC(=O)CN1CCN(CC(=O)O)CCN(CC(=O)O)CCN(CC(=O)O)CC1)C(C)=O. The van der Waals surface area contributed by atoms with Crippen LogP contribution in [0.15, 0.2) is 0 Å². The topological polar surface area (TPSA) is 235 Å². The Balaban J connectivity index is 2.15. The number of hydrogen-bond donors (Lipinski definition) is 3. The van der Waals surface area contributed by atoms with Crippen LogP contribution in [-0.4, -0.2) is 246 Å². The minimum absolute atomic E-state index is 0.0196. The van der Waals surface area contributed by atoms with E-state index < -0.39 is 17.9 Å². The van der Waals surface area contributed by atoms with Gasteiger partial charge in [0.1, 0.15) is 5.78 Å². The molecule has 0 spiro atoms. The largest absolute Gasteiger partial charge is 0.480 e. The lowest BCUT2D eigenvalue weighted by molar-refractivity contribution is -0.140. The van der Waals surface area contributed by atoms with Crippen LogP contribution in [0.4, 0.5) is 0 Å². The maximum atomic E-state index is 12.9. The van der Waals surface area contributed by atoms with Crippen LogP contribution in [0.5, 0.6) is 0 Å². The Bertz CT molecular complexity index is 1220. The number of carboxylic acid groups (broad SMARTS) is 3. The van der Waals surface area contributed by atoms with Crippen molar-refractivity contribution in [1.29, 1.82) is 0 Å². The van der Waals surface area contributed by atoms with Gasteiger partial charge in [0.05, 0.1) is 85.6 Å². The van der Waals surface area contributed by atoms with Crippen LogP contribution in [0, 0.1) is 0 Å². The van der Waals surface area contributed by atoms with E-state index in [4.69, 9.17) is 28.4 Å². The van der Waals surface area contributed by atoms with Gasteiger partial charge in [-0.25, -0.2) is 0 Å². The molecule has 0 aromatic rings. The highest BCUT2D eigenvalue weighted by Crippen LogP contribution is 2.05. The van der Waals surface area contributed by atoms with Crippen molar-refractivity contribution in [3.05, 3.63) is 0 Å². The predicted octanol–water partition coefficient (Wildman–Crippen LogP) is 1.08. The van der Waals surface area contributed by atoms with Gasteiger partial charge in [-0.3, -0.25) is 48.4 Å². The second kappa shape index (κ2) is 39.2. The Morgan fingerprint density at radius 2 is 0.746 bits per heavy atom. The first kappa shape index (κ1) is 57.8. The normalized spacial score (nSPS) is 15.1. The van der Waals surface area contributed by atoms with Crippen LogP contribution in [0.1, 0.15) is 71.6 Å². The average Bonchev–Trinajstić information content (AvgIpc) is 3.22. The number of carbonyl (C=O) groups is 6. The Morgan fingerprint density at radius 1 is 0.429 bits per heavy atom. The number of nitrogens with zero attached hydrogens (tertiary/aromatic N) is 5. The van der Waals surface area contributed by atoms with E-state index in [1.807, 2.05) is 4.90 Å². The van der Waals surface area contributed by atoms with Crippen molar-refractivity contribution in [2.24, 2.45) is 0 Å². The molecule has 0 radical (unpaired) electrons. The molecular formula is C43H79N5O15. The number of rotatable bonds is 39. The molecule has 1 saturated heterocycles. The molecule has 1 aliphatic heterocycles. The van der Waals surface area contributed by atoms with Crippen LogP contribution >= 0.6 is 0 Å². The predicted molar refractivity (Wildman–Crippen MR) is 233 cm³/mol. The Morgan fingerprint density at radius 3 is 1.10 bits per heavy atom. The first-order valence-corrected chi connectivity index (χ1v) is 22.7. The number of hydrogen-bond acceptors (Lipinski definition) is 16. The number of unbranched alkanes of at least 4 members (excludes halogenated alkanes) is 3. The molecule has 366 valence electrons. The zero-order valence-corrected chi connectivity index (χ0v) is 38.2. The van der Waals surface area contributed by atoms with Gasteiger partial charge in [0.25, 0.3) is 0 Å². The van der Waals surface area contributed by atoms with E-state index in [1.165, 1.54) is 6.92 Å². The summed E-state index contributed by atoms with van der Waals surface area (Å²) in [5, 5.41) is 28.2. The van der Waals surface area contributed by atoms with Crippen LogP contribution in [0.3, 0.4) is 0 Å². The molecule has 0 bridgehead atoms. The highest BCUT2D eigenvalue weighted by Gasteiger charge is 2.21. The third kappa shape index (κ3) is 35.8. The molecule has 1 aliphatic rings. The number of carboxylic acids is 3. The molecule has 0 aliphatic carbocycles. The average molecular weight is 906 g/mol. The number of aliphatic carboxylic acids is 3. The van der Waals surface area contributed by atoms with Crippen molar-refractivity contribution in [2.45, 2.75) is 71.6 Å². The minimum atomic E-state index is -1.01. The standard InChI is InChI=1S/C43H79N5O15/c1-3-4-21-58-25-29-62-32-28-61-24-9-12-48(38(2)49)34-40(51)11-6-8-23-60-27-31-63-30-26-59-22-7-5-10-39(50)33-44-13-15-45(35-41(52)53)17-19-47(37-43(56)57)20-18-46(16-14-44)36-42(54)55/h3-37H2,1-2H3,(H,52,53)(H,54,55)(H,56,57). The Hall–Kier alpha value is -3.18. The Labute approximate surface area is 374 Å². The molecule has 20 heteroatoms. The van der Waals surface area contributed by atoms with Gasteiger partial charge >= 0.3 is 17.9 Å². The van der Waals surface area contributed by atoms with Crippen molar-refractivity contribution >= 4 is 35.4 Å². The molecule has 1 amide bonds. The van der Waals surface area contributed by atoms with E-state index in [9.17, 15) is 44.1 Å². The smallest absolute Gasteiger partial charge is 0.317 e. The maximum absolute atomic E-state index is 12.9. The highest BCUT2D eigenvalue weighted by molar-refractivity contribution is 5.85. The highest BCUT2D eigenvalue weighted by atomic mass is 16.5.